The Morgan fingerprint density at radius 3 is 2.48 bits per heavy atom. The Morgan fingerprint density at radius 2 is 1.79 bits per heavy atom. The predicted octanol–water partition coefficient (Wildman–Crippen LogP) is 2.56. The largest absolute Gasteiger partial charge is 0.492 e. The summed E-state index contributed by atoms with van der Waals surface area (Å²) < 4.78 is 12.4. The number of para-hydroxylation sites is 2. The Morgan fingerprint density at radius 1 is 1.07 bits per heavy atom. The number of aryl methyl sites for hydroxylation is 2. The SMILES string of the molecule is CCCn1c(=O)c2c(nc3n(-c4ccccc4OCC)c(C)c(C)n23)n(C)c1=O. The van der Waals surface area contributed by atoms with Crippen molar-refractivity contribution in [1.29, 1.82) is 0 Å². The van der Waals surface area contributed by atoms with Crippen molar-refractivity contribution in [1.82, 2.24) is 23.1 Å². The van der Waals surface area contributed by atoms with E-state index in [1.54, 1.807) is 7.05 Å². The molecule has 0 aliphatic rings. The Bertz CT molecular complexity index is 1350. The molecular weight excluding hydrogens is 370 g/mol. The van der Waals surface area contributed by atoms with Crippen LogP contribution in [0.25, 0.3) is 22.6 Å². The van der Waals surface area contributed by atoms with Gasteiger partial charge in [0, 0.05) is 25.0 Å². The van der Waals surface area contributed by atoms with E-state index in [0.29, 0.717) is 36.5 Å². The molecule has 0 aliphatic carbocycles. The quantitative estimate of drug-likeness (QED) is 0.520. The average Bonchev–Trinajstić information content (AvgIpc) is 3.20. The molecule has 0 radical (unpaired) electrons. The summed E-state index contributed by atoms with van der Waals surface area (Å²) in [6.45, 7) is 8.75. The van der Waals surface area contributed by atoms with Crippen LogP contribution < -0.4 is 16.0 Å². The van der Waals surface area contributed by atoms with Gasteiger partial charge in [-0.05, 0) is 39.3 Å². The minimum atomic E-state index is -0.347. The maximum atomic E-state index is 13.2. The summed E-state index contributed by atoms with van der Waals surface area (Å²) in [5, 5.41) is 0. The van der Waals surface area contributed by atoms with Gasteiger partial charge in [-0.2, -0.15) is 4.98 Å². The lowest BCUT2D eigenvalue weighted by atomic mass is 10.2. The number of benzene rings is 1. The molecule has 0 fully saturated rings. The number of hydrogen-bond acceptors (Lipinski definition) is 4. The first-order valence-electron chi connectivity index (χ1n) is 9.84. The van der Waals surface area contributed by atoms with Crippen LogP contribution in [0.2, 0.25) is 0 Å². The fourth-order valence-corrected chi connectivity index (χ4v) is 3.88. The predicted molar refractivity (Wildman–Crippen MR) is 112 cm³/mol. The van der Waals surface area contributed by atoms with Gasteiger partial charge in [-0.1, -0.05) is 19.1 Å². The zero-order valence-corrected chi connectivity index (χ0v) is 17.4. The molecule has 4 aromatic rings. The Hall–Kier alpha value is -3.29. The smallest absolute Gasteiger partial charge is 0.332 e. The lowest BCUT2D eigenvalue weighted by Crippen LogP contribution is -2.39. The normalized spacial score (nSPS) is 11.6. The summed E-state index contributed by atoms with van der Waals surface area (Å²) in [7, 11) is 1.66. The first-order chi connectivity index (χ1) is 13.9. The third-order valence-electron chi connectivity index (χ3n) is 5.37. The number of imidazole rings is 2. The van der Waals surface area contributed by atoms with Crippen molar-refractivity contribution in [2.75, 3.05) is 6.61 Å². The summed E-state index contributed by atoms with van der Waals surface area (Å²) in [4.78, 5) is 30.6. The molecule has 0 saturated heterocycles. The molecule has 4 rings (SSSR count). The van der Waals surface area contributed by atoms with Gasteiger partial charge < -0.3 is 4.74 Å². The van der Waals surface area contributed by atoms with Crippen LogP contribution in [0.15, 0.2) is 33.9 Å². The van der Waals surface area contributed by atoms with E-state index in [0.717, 1.165) is 22.8 Å². The molecule has 0 aliphatic heterocycles. The number of hydrogen-bond donors (Lipinski definition) is 0. The Balaban J connectivity index is 2.17. The van der Waals surface area contributed by atoms with E-state index in [1.807, 2.05) is 60.9 Å². The van der Waals surface area contributed by atoms with Crippen LogP contribution in [0, 0.1) is 13.8 Å². The first-order valence-corrected chi connectivity index (χ1v) is 9.84. The zero-order valence-electron chi connectivity index (χ0n) is 17.4. The molecule has 0 saturated carbocycles. The molecular formula is C21H25N5O3. The standard InChI is InChI=1S/C21H25N5O3/c1-6-12-24-19(27)17-18(23(5)21(24)28)22-20-25(13(3)14(4)26(17)20)15-10-8-9-11-16(15)29-7-2/h8-11H,6-7,12H2,1-5H3. The molecule has 152 valence electrons. The van der Waals surface area contributed by atoms with Gasteiger partial charge in [-0.3, -0.25) is 22.9 Å². The zero-order chi connectivity index (χ0) is 20.9. The van der Waals surface area contributed by atoms with Crippen LogP contribution in [0.5, 0.6) is 5.75 Å². The van der Waals surface area contributed by atoms with Gasteiger partial charge in [0.25, 0.3) is 5.56 Å². The highest BCUT2D eigenvalue weighted by Crippen LogP contribution is 2.29. The van der Waals surface area contributed by atoms with Crippen molar-refractivity contribution in [2.45, 2.75) is 40.7 Å². The molecule has 0 unspecified atom stereocenters. The van der Waals surface area contributed by atoms with E-state index in [-0.39, 0.29) is 11.2 Å². The van der Waals surface area contributed by atoms with E-state index in [4.69, 9.17) is 9.72 Å². The van der Waals surface area contributed by atoms with Gasteiger partial charge in [0.2, 0.25) is 5.78 Å². The van der Waals surface area contributed by atoms with Crippen molar-refractivity contribution < 1.29 is 4.74 Å². The van der Waals surface area contributed by atoms with Gasteiger partial charge in [0.05, 0.1) is 12.3 Å². The first kappa shape index (κ1) is 19.0. The maximum Gasteiger partial charge on any atom is 0.332 e. The monoisotopic (exact) mass is 395 g/mol. The Kier molecular flexibility index (Phi) is 4.56. The summed E-state index contributed by atoms with van der Waals surface area (Å²) in [5.41, 5.74) is 2.84. The molecule has 0 spiro atoms. The third-order valence-corrected chi connectivity index (χ3v) is 5.37. The van der Waals surface area contributed by atoms with Crippen LogP contribution in [0.3, 0.4) is 0 Å². The molecule has 1 aromatic carbocycles. The van der Waals surface area contributed by atoms with E-state index >= 15 is 0 Å². The van der Waals surface area contributed by atoms with Crippen molar-refractivity contribution in [3.05, 3.63) is 56.5 Å². The summed E-state index contributed by atoms with van der Waals surface area (Å²) in [6.07, 6.45) is 0.698. The molecule has 8 heteroatoms. The second-order valence-electron chi connectivity index (χ2n) is 7.12. The topological polar surface area (TPSA) is 75.5 Å². The number of nitrogens with zero attached hydrogens (tertiary/aromatic N) is 5. The number of ether oxygens (including phenoxy) is 1. The van der Waals surface area contributed by atoms with Gasteiger partial charge >= 0.3 is 5.69 Å². The number of aromatic nitrogens is 5. The summed E-state index contributed by atoms with van der Waals surface area (Å²) in [5.74, 6) is 1.32. The average molecular weight is 395 g/mol. The molecule has 29 heavy (non-hydrogen) atoms. The highest BCUT2D eigenvalue weighted by atomic mass is 16.5. The summed E-state index contributed by atoms with van der Waals surface area (Å²) in [6, 6.07) is 7.74. The van der Waals surface area contributed by atoms with Crippen LogP contribution in [0.4, 0.5) is 0 Å². The van der Waals surface area contributed by atoms with E-state index in [2.05, 4.69) is 0 Å². The van der Waals surface area contributed by atoms with E-state index in [1.165, 1.54) is 9.13 Å². The van der Waals surface area contributed by atoms with E-state index in [9.17, 15) is 9.59 Å². The highest BCUT2D eigenvalue weighted by molar-refractivity contribution is 5.77. The van der Waals surface area contributed by atoms with Gasteiger partial charge in [0.15, 0.2) is 11.2 Å². The molecule has 0 bridgehead atoms. The van der Waals surface area contributed by atoms with Gasteiger partial charge in [0.1, 0.15) is 5.75 Å². The van der Waals surface area contributed by atoms with Crippen molar-refractivity contribution >= 4 is 16.9 Å². The van der Waals surface area contributed by atoms with Crippen molar-refractivity contribution in [3.8, 4) is 11.4 Å². The second kappa shape index (κ2) is 6.95. The molecule has 3 heterocycles. The maximum absolute atomic E-state index is 13.2. The van der Waals surface area contributed by atoms with Crippen LogP contribution in [-0.2, 0) is 13.6 Å². The second-order valence-corrected chi connectivity index (χ2v) is 7.12. The molecule has 0 amide bonds. The van der Waals surface area contributed by atoms with Crippen LogP contribution >= 0.6 is 0 Å². The number of rotatable bonds is 5. The van der Waals surface area contributed by atoms with Crippen LogP contribution in [-0.4, -0.2) is 29.7 Å². The summed E-state index contributed by atoms with van der Waals surface area (Å²) >= 11 is 0. The highest BCUT2D eigenvalue weighted by Gasteiger charge is 2.24. The third kappa shape index (κ3) is 2.62. The van der Waals surface area contributed by atoms with Crippen LogP contribution in [0.1, 0.15) is 31.7 Å². The minimum absolute atomic E-state index is 0.309. The Labute approximate surface area is 167 Å². The van der Waals surface area contributed by atoms with E-state index < -0.39 is 0 Å². The molecule has 0 N–H and O–H groups in total. The van der Waals surface area contributed by atoms with Gasteiger partial charge in [-0.15, -0.1) is 0 Å². The molecule has 0 atom stereocenters. The molecule has 8 nitrogen and oxygen atoms in total. The van der Waals surface area contributed by atoms with Crippen molar-refractivity contribution in [2.24, 2.45) is 7.05 Å². The minimum Gasteiger partial charge on any atom is -0.492 e. The fraction of sp³-hybridized carbons (Fsp3) is 0.381. The lowest BCUT2D eigenvalue weighted by molar-refractivity contribution is 0.339. The lowest BCUT2D eigenvalue weighted by Gasteiger charge is -2.12. The van der Waals surface area contributed by atoms with Crippen molar-refractivity contribution in [3.63, 3.8) is 0 Å². The fourth-order valence-electron chi connectivity index (χ4n) is 3.88. The number of fused-ring (bicyclic) bond motifs is 3. The van der Waals surface area contributed by atoms with Gasteiger partial charge in [-0.25, -0.2) is 4.79 Å². The molecule has 3 aromatic heterocycles.